The van der Waals surface area contributed by atoms with Gasteiger partial charge in [-0.15, -0.1) is 0 Å². The Balaban J connectivity index is 2.63. The Morgan fingerprint density at radius 3 is 2.78 bits per heavy atom. The molecule has 0 aliphatic heterocycles. The Hall–Kier alpha value is -1.97. The van der Waals surface area contributed by atoms with Gasteiger partial charge in [0.05, 0.1) is 5.52 Å². The minimum absolute atomic E-state index is 0.115. The molecule has 0 saturated carbocycles. The van der Waals surface area contributed by atoms with Gasteiger partial charge < -0.3 is 5.11 Å². The van der Waals surface area contributed by atoms with E-state index in [0.29, 0.717) is 16.7 Å². The number of carboxylic acids is 1. The quantitative estimate of drug-likeness (QED) is 0.898. The van der Waals surface area contributed by atoms with Crippen molar-refractivity contribution in [3.8, 4) is 0 Å². The first-order chi connectivity index (χ1) is 8.63. The number of unbranched alkanes of at least 4 members (excludes halogenated alkanes) is 1. The second-order valence-corrected chi connectivity index (χ2v) is 4.37. The molecule has 4 nitrogen and oxygen atoms in total. The molecule has 1 aromatic carbocycles. The van der Waals surface area contributed by atoms with Gasteiger partial charge >= 0.3 is 5.97 Å². The molecule has 0 fully saturated rings. The number of hydrogen-bond acceptors (Lipinski definition) is 3. The molecule has 2 rings (SSSR count). The minimum atomic E-state index is -0.991. The molecule has 0 radical (unpaired) electrons. The van der Waals surface area contributed by atoms with Crippen LogP contribution >= 0.6 is 0 Å². The lowest BCUT2D eigenvalue weighted by Crippen LogP contribution is -2.07. The van der Waals surface area contributed by atoms with Crippen LogP contribution in [0.25, 0.3) is 10.9 Å². The van der Waals surface area contributed by atoms with Crippen molar-refractivity contribution in [3.05, 3.63) is 35.3 Å². The fourth-order valence-electron chi connectivity index (χ4n) is 2.00. The Morgan fingerprint density at radius 1 is 1.33 bits per heavy atom. The van der Waals surface area contributed by atoms with Crippen molar-refractivity contribution in [1.82, 2.24) is 9.97 Å². The fraction of sp³-hybridized carbons (Fsp3) is 0.357. The number of aromatic carboxylic acids is 1. The van der Waals surface area contributed by atoms with Crippen molar-refractivity contribution in [2.75, 3.05) is 0 Å². The standard InChI is InChI=1S/C14H16N2O2/c1-3-4-8-11-15-10-7-5-6-9(2)12(10)13(16-11)14(17)18/h5-7H,3-4,8H2,1-2H3,(H,17,18). The monoisotopic (exact) mass is 244 g/mol. The van der Waals surface area contributed by atoms with Gasteiger partial charge in [-0.3, -0.25) is 0 Å². The number of aryl methyl sites for hydroxylation is 2. The van der Waals surface area contributed by atoms with Crippen LogP contribution < -0.4 is 0 Å². The molecule has 18 heavy (non-hydrogen) atoms. The number of hydrogen-bond donors (Lipinski definition) is 1. The van der Waals surface area contributed by atoms with Crippen LogP contribution in [0.4, 0.5) is 0 Å². The van der Waals surface area contributed by atoms with Crippen LogP contribution in [0.1, 0.15) is 41.6 Å². The molecular weight excluding hydrogens is 228 g/mol. The lowest BCUT2D eigenvalue weighted by atomic mass is 10.1. The zero-order valence-electron chi connectivity index (χ0n) is 10.6. The third kappa shape index (κ3) is 2.32. The van der Waals surface area contributed by atoms with Crippen LogP contribution in [-0.4, -0.2) is 21.0 Å². The van der Waals surface area contributed by atoms with Crippen molar-refractivity contribution in [1.29, 1.82) is 0 Å². The van der Waals surface area contributed by atoms with Crippen LogP contribution in [0.5, 0.6) is 0 Å². The van der Waals surface area contributed by atoms with Gasteiger partial charge in [0.2, 0.25) is 0 Å². The van der Waals surface area contributed by atoms with Crippen LogP contribution in [0, 0.1) is 6.92 Å². The molecule has 1 heterocycles. The summed E-state index contributed by atoms with van der Waals surface area (Å²) in [4.78, 5) is 19.9. The van der Waals surface area contributed by atoms with Crippen molar-refractivity contribution in [3.63, 3.8) is 0 Å². The van der Waals surface area contributed by atoms with Gasteiger partial charge in [-0.05, 0) is 25.0 Å². The van der Waals surface area contributed by atoms with E-state index < -0.39 is 5.97 Å². The van der Waals surface area contributed by atoms with Gasteiger partial charge in [0.25, 0.3) is 0 Å². The summed E-state index contributed by atoms with van der Waals surface area (Å²) >= 11 is 0. The highest BCUT2D eigenvalue weighted by atomic mass is 16.4. The van der Waals surface area contributed by atoms with E-state index >= 15 is 0 Å². The van der Waals surface area contributed by atoms with Gasteiger partial charge in [-0.25, -0.2) is 14.8 Å². The van der Waals surface area contributed by atoms with Gasteiger partial charge in [-0.2, -0.15) is 0 Å². The Labute approximate surface area is 106 Å². The maximum Gasteiger partial charge on any atom is 0.355 e. The minimum Gasteiger partial charge on any atom is -0.476 e. The van der Waals surface area contributed by atoms with Crippen molar-refractivity contribution in [2.24, 2.45) is 0 Å². The topological polar surface area (TPSA) is 63.1 Å². The highest BCUT2D eigenvalue weighted by Crippen LogP contribution is 2.20. The number of carbonyl (C=O) groups is 1. The van der Waals surface area contributed by atoms with E-state index in [1.54, 1.807) is 0 Å². The van der Waals surface area contributed by atoms with E-state index in [1.165, 1.54) is 0 Å². The molecule has 0 spiro atoms. The highest BCUT2D eigenvalue weighted by molar-refractivity contribution is 6.01. The largest absolute Gasteiger partial charge is 0.476 e. The molecule has 2 aromatic rings. The zero-order chi connectivity index (χ0) is 13.1. The SMILES string of the molecule is CCCCc1nc(C(=O)O)c2c(C)cccc2n1. The number of carboxylic acid groups (broad SMARTS) is 1. The normalized spacial score (nSPS) is 10.8. The number of aromatic nitrogens is 2. The van der Waals surface area contributed by atoms with Gasteiger partial charge in [0.1, 0.15) is 5.82 Å². The third-order valence-electron chi connectivity index (χ3n) is 2.93. The number of rotatable bonds is 4. The summed E-state index contributed by atoms with van der Waals surface area (Å²) in [6.07, 6.45) is 2.73. The second-order valence-electron chi connectivity index (χ2n) is 4.37. The summed E-state index contributed by atoms with van der Waals surface area (Å²) in [5.74, 6) is -0.373. The van der Waals surface area contributed by atoms with E-state index in [0.717, 1.165) is 24.8 Å². The molecule has 0 atom stereocenters. The Morgan fingerprint density at radius 2 is 2.11 bits per heavy atom. The third-order valence-corrected chi connectivity index (χ3v) is 2.93. The van der Waals surface area contributed by atoms with Crippen LogP contribution in [0.3, 0.4) is 0 Å². The molecular formula is C14H16N2O2. The highest BCUT2D eigenvalue weighted by Gasteiger charge is 2.15. The lowest BCUT2D eigenvalue weighted by molar-refractivity contribution is 0.0692. The van der Waals surface area contributed by atoms with E-state index in [9.17, 15) is 9.90 Å². The summed E-state index contributed by atoms with van der Waals surface area (Å²) in [5, 5.41) is 9.91. The molecule has 0 aliphatic carbocycles. The summed E-state index contributed by atoms with van der Waals surface area (Å²) in [6, 6.07) is 5.61. The van der Waals surface area contributed by atoms with Crippen LogP contribution in [-0.2, 0) is 6.42 Å². The summed E-state index contributed by atoms with van der Waals surface area (Å²) in [6.45, 7) is 3.97. The molecule has 0 amide bonds. The molecule has 1 N–H and O–H groups in total. The average Bonchev–Trinajstić information content (AvgIpc) is 2.35. The van der Waals surface area contributed by atoms with Gasteiger partial charge in [0, 0.05) is 11.8 Å². The first-order valence-corrected chi connectivity index (χ1v) is 6.13. The van der Waals surface area contributed by atoms with Gasteiger partial charge in [-0.1, -0.05) is 25.5 Å². The second kappa shape index (κ2) is 5.12. The van der Waals surface area contributed by atoms with E-state index in [2.05, 4.69) is 16.9 Å². The van der Waals surface area contributed by atoms with Crippen molar-refractivity contribution >= 4 is 16.9 Å². The predicted octanol–water partition coefficient (Wildman–Crippen LogP) is 2.98. The van der Waals surface area contributed by atoms with E-state index in [-0.39, 0.29) is 5.69 Å². The molecule has 0 unspecified atom stereocenters. The number of fused-ring (bicyclic) bond motifs is 1. The zero-order valence-corrected chi connectivity index (χ0v) is 10.6. The molecule has 1 aromatic heterocycles. The first kappa shape index (κ1) is 12.5. The molecule has 0 bridgehead atoms. The van der Waals surface area contributed by atoms with Gasteiger partial charge in [0.15, 0.2) is 5.69 Å². The molecule has 94 valence electrons. The fourth-order valence-corrected chi connectivity index (χ4v) is 2.00. The Bertz CT molecular complexity index is 594. The van der Waals surface area contributed by atoms with E-state index in [1.807, 2.05) is 25.1 Å². The predicted molar refractivity (Wildman–Crippen MR) is 69.8 cm³/mol. The number of benzene rings is 1. The average molecular weight is 244 g/mol. The molecule has 4 heteroatoms. The number of nitrogens with zero attached hydrogens (tertiary/aromatic N) is 2. The van der Waals surface area contributed by atoms with E-state index in [4.69, 9.17) is 0 Å². The molecule has 0 aliphatic rings. The summed E-state index contributed by atoms with van der Waals surface area (Å²) < 4.78 is 0. The summed E-state index contributed by atoms with van der Waals surface area (Å²) in [7, 11) is 0. The smallest absolute Gasteiger partial charge is 0.355 e. The summed E-state index contributed by atoms with van der Waals surface area (Å²) in [5.41, 5.74) is 1.73. The maximum atomic E-state index is 11.3. The van der Waals surface area contributed by atoms with Crippen molar-refractivity contribution < 1.29 is 9.90 Å². The molecule has 0 saturated heterocycles. The van der Waals surface area contributed by atoms with Crippen LogP contribution in [0.2, 0.25) is 0 Å². The Kier molecular flexibility index (Phi) is 3.55. The maximum absolute atomic E-state index is 11.3. The van der Waals surface area contributed by atoms with Crippen molar-refractivity contribution in [2.45, 2.75) is 33.1 Å². The van der Waals surface area contributed by atoms with Crippen LogP contribution in [0.15, 0.2) is 18.2 Å². The first-order valence-electron chi connectivity index (χ1n) is 6.13. The lowest BCUT2D eigenvalue weighted by Gasteiger charge is -2.07.